The van der Waals surface area contributed by atoms with Gasteiger partial charge < -0.3 is 0 Å². The Morgan fingerprint density at radius 2 is 1.89 bits per heavy atom. The lowest BCUT2D eigenvalue weighted by atomic mass is 9.97. The normalized spacial score (nSPS) is 17.4. The zero-order valence-corrected chi connectivity index (χ0v) is 15.1. The van der Waals surface area contributed by atoms with E-state index in [-0.39, 0.29) is 28.6 Å². The average Bonchev–Trinajstić information content (AvgIpc) is 2.97. The maximum Gasteiger partial charge on any atom is 0.416 e. The number of nitro benzene ring substituents is 1. The van der Waals surface area contributed by atoms with E-state index >= 15 is 0 Å². The van der Waals surface area contributed by atoms with Gasteiger partial charge in [0.1, 0.15) is 11.5 Å². The summed E-state index contributed by atoms with van der Waals surface area (Å²) in [5, 5.41) is 11.3. The minimum Gasteiger partial charge on any atom is -0.299 e. The average molecular weight is 447 g/mol. The van der Waals surface area contributed by atoms with E-state index in [2.05, 4.69) is 15.9 Å². The molecule has 2 aromatic carbocycles. The molecule has 1 aliphatic rings. The molecule has 0 aromatic heterocycles. The Hall–Kier alpha value is -2.49. The van der Waals surface area contributed by atoms with Crippen molar-refractivity contribution in [3.05, 3.63) is 67.9 Å². The highest BCUT2D eigenvalue weighted by Crippen LogP contribution is 2.45. The number of alkyl halides is 3. The second-order valence-corrected chi connectivity index (χ2v) is 6.77. The molecule has 5 nitrogen and oxygen atoms in total. The lowest BCUT2D eigenvalue weighted by Crippen LogP contribution is -2.29. The van der Waals surface area contributed by atoms with E-state index < -0.39 is 40.1 Å². The van der Waals surface area contributed by atoms with Gasteiger partial charge in [0.15, 0.2) is 0 Å². The molecular weight excluding hydrogens is 436 g/mol. The van der Waals surface area contributed by atoms with Crippen molar-refractivity contribution in [2.24, 2.45) is 0 Å². The van der Waals surface area contributed by atoms with Gasteiger partial charge in [-0.1, -0.05) is 18.2 Å². The maximum absolute atomic E-state index is 13.7. The summed E-state index contributed by atoms with van der Waals surface area (Å²) in [4.78, 5) is 23.8. The molecule has 0 bridgehead atoms. The van der Waals surface area contributed by atoms with Crippen LogP contribution in [0.4, 0.5) is 28.9 Å². The smallest absolute Gasteiger partial charge is 0.299 e. The summed E-state index contributed by atoms with van der Waals surface area (Å²) in [5.41, 5.74) is -2.03. The van der Waals surface area contributed by atoms with Gasteiger partial charge in [-0.25, -0.2) is 4.39 Å². The molecule has 0 spiro atoms. The van der Waals surface area contributed by atoms with Crippen LogP contribution in [0.3, 0.4) is 0 Å². The van der Waals surface area contributed by atoms with Crippen molar-refractivity contribution in [2.75, 3.05) is 4.90 Å². The molecule has 0 N–H and O–H groups in total. The second-order valence-electron chi connectivity index (χ2n) is 5.92. The van der Waals surface area contributed by atoms with Gasteiger partial charge >= 0.3 is 6.18 Å². The van der Waals surface area contributed by atoms with E-state index in [1.165, 1.54) is 18.2 Å². The quantitative estimate of drug-likeness (QED) is 0.361. The highest BCUT2D eigenvalue weighted by atomic mass is 79.9. The zero-order chi connectivity index (χ0) is 19.9. The second kappa shape index (κ2) is 6.91. The van der Waals surface area contributed by atoms with Crippen molar-refractivity contribution in [3.8, 4) is 0 Å². The molecule has 1 aliphatic heterocycles. The van der Waals surface area contributed by atoms with Crippen molar-refractivity contribution in [1.29, 1.82) is 0 Å². The van der Waals surface area contributed by atoms with Crippen LogP contribution in [0, 0.1) is 15.9 Å². The molecule has 0 saturated carbocycles. The van der Waals surface area contributed by atoms with Crippen LogP contribution in [0.2, 0.25) is 0 Å². The predicted octanol–water partition coefficient (Wildman–Crippen LogP) is 5.38. The van der Waals surface area contributed by atoms with Gasteiger partial charge in [-0.05, 0) is 40.0 Å². The third kappa shape index (κ3) is 3.53. The van der Waals surface area contributed by atoms with Crippen molar-refractivity contribution in [1.82, 2.24) is 0 Å². The van der Waals surface area contributed by atoms with Crippen LogP contribution in [-0.4, -0.2) is 10.8 Å². The summed E-state index contributed by atoms with van der Waals surface area (Å²) >= 11 is 2.90. The third-order valence-electron chi connectivity index (χ3n) is 4.31. The highest BCUT2D eigenvalue weighted by molar-refractivity contribution is 9.10. The van der Waals surface area contributed by atoms with Gasteiger partial charge in [-0.2, -0.15) is 13.2 Å². The van der Waals surface area contributed by atoms with Gasteiger partial charge in [0, 0.05) is 6.42 Å². The summed E-state index contributed by atoms with van der Waals surface area (Å²) in [6.07, 6.45) is -4.68. The Kier molecular flexibility index (Phi) is 4.94. The number of amides is 1. The zero-order valence-electron chi connectivity index (χ0n) is 13.5. The molecule has 142 valence electrons. The van der Waals surface area contributed by atoms with E-state index in [9.17, 15) is 32.5 Å². The number of benzene rings is 2. The van der Waals surface area contributed by atoms with Crippen LogP contribution in [0.25, 0.3) is 0 Å². The van der Waals surface area contributed by atoms with Gasteiger partial charge in [0.25, 0.3) is 5.69 Å². The summed E-state index contributed by atoms with van der Waals surface area (Å²) in [6, 6.07) is 5.39. The van der Waals surface area contributed by atoms with Gasteiger partial charge in [0.05, 0.1) is 27.1 Å². The Morgan fingerprint density at radius 1 is 1.22 bits per heavy atom. The first-order chi connectivity index (χ1) is 12.6. The van der Waals surface area contributed by atoms with Crippen LogP contribution < -0.4 is 4.90 Å². The Morgan fingerprint density at radius 3 is 2.52 bits per heavy atom. The van der Waals surface area contributed by atoms with Crippen molar-refractivity contribution < 1.29 is 27.3 Å². The summed E-state index contributed by atoms with van der Waals surface area (Å²) in [6.45, 7) is 0. The molecule has 10 heteroatoms. The Balaban J connectivity index is 2.19. The molecule has 1 unspecified atom stereocenters. The van der Waals surface area contributed by atoms with Crippen LogP contribution in [0.1, 0.15) is 30.0 Å². The summed E-state index contributed by atoms with van der Waals surface area (Å²) in [7, 11) is 0. The Bertz CT molecular complexity index is 933. The number of nitrogens with zero attached hydrogens (tertiary/aromatic N) is 2. The van der Waals surface area contributed by atoms with Crippen LogP contribution in [0.5, 0.6) is 0 Å². The molecule has 2 aromatic rings. The number of carbonyl (C=O) groups excluding carboxylic acids is 1. The SMILES string of the molecule is O=C1CCC(c2ccccc2C(F)(F)F)N1c1cc(Br)c(F)cc1[N+](=O)[O-]. The van der Waals surface area contributed by atoms with Gasteiger partial charge in [-0.15, -0.1) is 0 Å². The number of anilines is 1. The number of hydrogen-bond acceptors (Lipinski definition) is 3. The van der Waals surface area contributed by atoms with E-state index in [4.69, 9.17) is 0 Å². The molecule has 1 heterocycles. The molecular formula is C17H11BrF4N2O3. The fraction of sp³-hybridized carbons (Fsp3) is 0.235. The topological polar surface area (TPSA) is 63.5 Å². The monoisotopic (exact) mass is 446 g/mol. The number of halogens is 5. The fourth-order valence-electron chi connectivity index (χ4n) is 3.19. The lowest BCUT2D eigenvalue weighted by molar-refractivity contribution is -0.384. The van der Waals surface area contributed by atoms with Crippen molar-refractivity contribution >= 4 is 33.2 Å². The molecule has 3 rings (SSSR count). The summed E-state index contributed by atoms with van der Waals surface area (Å²) < 4.78 is 53.8. The molecule has 1 saturated heterocycles. The van der Waals surface area contributed by atoms with Crippen LogP contribution in [0.15, 0.2) is 40.9 Å². The minimum atomic E-state index is -4.65. The third-order valence-corrected chi connectivity index (χ3v) is 4.92. The highest BCUT2D eigenvalue weighted by Gasteiger charge is 2.42. The van der Waals surface area contributed by atoms with E-state index in [1.807, 2.05) is 0 Å². The van der Waals surface area contributed by atoms with E-state index in [0.717, 1.165) is 17.0 Å². The van der Waals surface area contributed by atoms with Crippen molar-refractivity contribution in [2.45, 2.75) is 25.1 Å². The molecule has 0 radical (unpaired) electrons. The maximum atomic E-state index is 13.7. The minimum absolute atomic E-state index is 0.0536. The first-order valence-electron chi connectivity index (χ1n) is 7.73. The standard InChI is InChI=1S/C17H11BrF4N2O3/c18-11-7-14(15(24(26)27)8-12(11)19)23-13(5-6-16(23)25)9-3-1-2-4-10(9)17(20,21)22/h1-4,7-8,13H,5-6H2. The van der Waals surface area contributed by atoms with Gasteiger partial charge in [-0.3, -0.25) is 19.8 Å². The van der Waals surface area contributed by atoms with Crippen molar-refractivity contribution in [3.63, 3.8) is 0 Å². The largest absolute Gasteiger partial charge is 0.416 e. The first-order valence-corrected chi connectivity index (χ1v) is 8.52. The first kappa shape index (κ1) is 19.3. The fourth-order valence-corrected chi connectivity index (χ4v) is 3.52. The van der Waals surface area contributed by atoms with Crippen LogP contribution in [-0.2, 0) is 11.0 Å². The van der Waals surface area contributed by atoms with Crippen LogP contribution >= 0.6 is 15.9 Å². The number of hydrogen-bond donors (Lipinski definition) is 0. The molecule has 0 aliphatic carbocycles. The molecule has 1 fully saturated rings. The Labute approximate surface area is 158 Å². The van der Waals surface area contributed by atoms with Gasteiger partial charge in [0.2, 0.25) is 5.91 Å². The number of rotatable bonds is 3. The van der Waals surface area contributed by atoms with E-state index in [0.29, 0.717) is 6.07 Å². The summed E-state index contributed by atoms with van der Waals surface area (Å²) in [5.74, 6) is -1.48. The lowest BCUT2D eigenvalue weighted by Gasteiger charge is -2.27. The molecule has 1 atom stereocenters. The number of carbonyl (C=O) groups is 1. The molecule has 27 heavy (non-hydrogen) atoms. The predicted molar refractivity (Wildman–Crippen MR) is 91.7 cm³/mol. The number of nitro groups is 1. The molecule has 1 amide bonds. The van der Waals surface area contributed by atoms with E-state index in [1.54, 1.807) is 0 Å².